The molecule has 0 amide bonds. The van der Waals surface area contributed by atoms with Crippen LogP contribution in [0.1, 0.15) is 253 Å². The molecular weight excluding hydrogens is 733 g/mol. The quantitative estimate of drug-likeness (QED) is 0.114. The Balaban J connectivity index is -0.000000214. The van der Waals surface area contributed by atoms with Gasteiger partial charge in [0.15, 0.2) is 0 Å². The summed E-state index contributed by atoms with van der Waals surface area (Å²) < 4.78 is 0. The van der Waals surface area contributed by atoms with E-state index in [1.54, 1.807) is 0 Å². The normalized spacial score (nSPS) is 16.8. The van der Waals surface area contributed by atoms with E-state index in [-0.39, 0.29) is 0 Å². The summed E-state index contributed by atoms with van der Waals surface area (Å²) in [4.78, 5) is 0. The van der Waals surface area contributed by atoms with E-state index in [2.05, 4.69) is 251 Å². The molecule has 0 aromatic rings. The SMILES string of the molecule is CC(C)C(C)/C=C/[C@@H](C)C(C)(C)C.CC(C)C(C)/C=C/[C@H](C)C(C)(C)C.CC(C)C(C)/C=C/[C@H](C)C(C)C.CC(C)C(C)CCCC(C)(C)C.CC(C)CCCC(C)C(C)C. The Bertz CT molecular complexity index is 963. The van der Waals surface area contributed by atoms with Crippen molar-refractivity contribution in [3.05, 3.63) is 36.5 Å². The van der Waals surface area contributed by atoms with Gasteiger partial charge in [0.2, 0.25) is 0 Å². The standard InChI is InChI=1S/2C13H26.C12H26.C12H24.C11H24/c2*1-10(2)11(3)8-9-12(4)13(5,6)7;1-10(2)11(3)8-7-9-12(4,5)6;1-9(2)11(5)7-8-12(6)10(3)4;1-9(2)7-6-8-11(5)10(3)4/h2*8-12H,1-7H3;10-11H,7-9H2,1-6H3;7-12H,1-6H3;9-11H,6-8H2,1-5H3/b2*9-8+;;8-7+;/t2*11?,12-;;11-,12?;/m10.0./s1. The molecule has 0 N–H and O–H groups in total. The second-order valence-corrected chi connectivity index (χ2v) is 26.1. The number of rotatable bonds is 19. The van der Waals surface area contributed by atoms with Crippen molar-refractivity contribution in [1.29, 1.82) is 0 Å². The van der Waals surface area contributed by atoms with Gasteiger partial charge in [-0.2, -0.15) is 0 Å². The van der Waals surface area contributed by atoms with E-state index >= 15 is 0 Å². The van der Waals surface area contributed by atoms with E-state index in [0.29, 0.717) is 51.8 Å². The molecule has 0 aromatic carbocycles. The van der Waals surface area contributed by atoms with Crippen molar-refractivity contribution >= 4 is 0 Å². The van der Waals surface area contributed by atoms with Crippen LogP contribution < -0.4 is 0 Å². The van der Waals surface area contributed by atoms with Crippen LogP contribution >= 0.6 is 0 Å². The molecule has 0 fully saturated rings. The topological polar surface area (TPSA) is 0 Å². The number of allylic oxidation sites excluding steroid dienone is 6. The minimum absolute atomic E-state index is 0.396. The predicted molar refractivity (Wildman–Crippen MR) is 291 cm³/mol. The molecule has 61 heavy (non-hydrogen) atoms. The molecule has 5 unspecified atom stereocenters. The fourth-order valence-electron chi connectivity index (χ4n) is 4.97. The maximum atomic E-state index is 2.37. The van der Waals surface area contributed by atoms with Crippen LogP contribution in [-0.4, -0.2) is 0 Å². The smallest absolute Gasteiger partial charge is 0.0213 e. The van der Waals surface area contributed by atoms with Gasteiger partial charge in [-0.1, -0.05) is 283 Å². The van der Waals surface area contributed by atoms with Gasteiger partial charge in [-0.3, -0.25) is 0 Å². The zero-order chi connectivity index (χ0) is 49.6. The van der Waals surface area contributed by atoms with Gasteiger partial charge < -0.3 is 0 Å². The van der Waals surface area contributed by atoms with Crippen LogP contribution in [0.4, 0.5) is 0 Å². The largest absolute Gasteiger partial charge is 0.0852 e. The lowest BCUT2D eigenvalue weighted by Crippen LogP contribution is -2.15. The Morgan fingerprint density at radius 1 is 0.295 bits per heavy atom. The third kappa shape index (κ3) is 48.5. The molecule has 0 saturated heterocycles. The molecule has 0 nitrogen and oxygen atoms in total. The van der Waals surface area contributed by atoms with Crippen LogP contribution in [0, 0.1) is 105 Å². The summed E-state index contributed by atoms with van der Waals surface area (Å²) in [6.07, 6.45) is 22.5. The first-order valence-electron chi connectivity index (χ1n) is 26.4. The van der Waals surface area contributed by atoms with Crippen LogP contribution in [0.5, 0.6) is 0 Å². The average molecular weight is 860 g/mol. The van der Waals surface area contributed by atoms with Crippen LogP contribution in [0.25, 0.3) is 0 Å². The molecule has 0 aliphatic heterocycles. The second kappa shape index (κ2) is 36.4. The molecule has 370 valence electrons. The molecule has 0 spiro atoms. The second-order valence-electron chi connectivity index (χ2n) is 26.1. The van der Waals surface area contributed by atoms with Gasteiger partial charge in [0.05, 0.1) is 0 Å². The molecule has 0 heterocycles. The fraction of sp³-hybridized carbons (Fsp3) is 0.902. The van der Waals surface area contributed by atoms with Gasteiger partial charge in [0.1, 0.15) is 0 Å². The first kappa shape index (κ1) is 69.3. The maximum absolute atomic E-state index is 2.37. The van der Waals surface area contributed by atoms with Crippen LogP contribution in [-0.2, 0) is 0 Å². The Labute approximate surface area is 393 Å². The number of hydrogen-bond donors (Lipinski definition) is 0. The third-order valence-corrected chi connectivity index (χ3v) is 14.4. The lowest BCUT2D eigenvalue weighted by molar-refractivity contribution is 0.312. The summed E-state index contributed by atoms with van der Waals surface area (Å²) >= 11 is 0. The van der Waals surface area contributed by atoms with Crippen molar-refractivity contribution in [1.82, 2.24) is 0 Å². The lowest BCUT2D eigenvalue weighted by Gasteiger charge is -2.24. The molecule has 0 saturated carbocycles. The van der Waals surface area contributed by atoms with Crippen molar-refractivity contribution in [3.63, 3.8) is 0 Å². The molecule has 0 aliphatic carbocycles. The zero-order valence-electron chi connectivity index (χ0n) is 48.9. The molecule has 8 atom stereocenters. The minimum Gasteiger partial charge on any atom is -0.0852 e. The molecule has 0 aliphatic rings. The highest BCUT2D eigenvalue weighted by molar-refractivity contribution is 4.96. The summed E-state index contributed by atoms with van der Waals surface area (Å²) in [5.41, 5.74) is 1.32. The van der Waals surface area contributed by atoms with Gasteiger partial charge >= 0.3 is 0 Å². The molecule has 0 aromatic heterocycles. The Hall–Kier alpha value is -0.780. The summed E-state index contributed by atoms with van der Waals surface area (Å²) in [6.45, 7) is 71.3. The minimum atomic E-state index is 0.396. The van der Waals surface area contributed by atoms with E-state index in [1.165, 1.54) is 38.5 Å². The van der Waals surface area contributed by atoms with Crippen molar-refractivity contribution in [2.45, 2.75) is 253 Å². The monoisotopic (exact) mass is 859 g/mol. The van der Waals surface area contributed by atoms with E-state index in [1.807, 2.05) is 0 Å². The van der Waals surface area contributed by atoms with Gasteiger partial charge in [0.25, 0.3) is 0 Å². The Kier molecular flexibility index (Phi) is 41.4. The fourth-order valence-corrected chi connectivity index (χ4v) is 4.97. The van der Waals surface area contributed by atoms with Gasteiger partial charge in [0, 0.05) is 0 Å². The van der Waals surface area contributed by atoms with E-state index < -0.39 is 0 Å². The Morgan fingerprint density at radius 3 is 0.738 bits per heavy atom. The average Bonchev–Trinajstić information content (AvgIpc) is 3.10. The molecule has 0 heteroatoms. The third-order valence-electron chi connectivity index (χ3n) is 14.4. The highest BCUT2D eigenvalue weighted by Crippen LogP contribution is 2.29. The van der Waals surface area contributed by atoms with Crippen molar-refractivity contribution in [2.24, 2.45) is 105 Å². The molecule has 0 rings (SSSR count). The highest BCUT2D eigenvalue weighted by Gasteiger charge is 2.18. The van der Waals surface area contributed by atoms with Crippen molar-refractivity contribution in [3.8, 4) is 0 Å². The summed E-state index contributed by atoms with van der Waals surface area (Å²) in [5, 5.41) is 0. The maximum Gasteiger partial charge on any atom is -0.0213 e. The van der Waals surface area contributed by atoms with Crippen LogP contribution in [0.3, 0.4) is 0 Å². The van der Waals surface area contributed by atoms with Gasteiger partial charge in [-0.15, -0.1) is 0 Å². The number of hydrogen-bond acceptors (Lipinski definition) is 0. The molecular formula is C61H126. The van der Waals surface area contributed by atoms with Gasteiger partial charge in [-0.25, -0.2) is 0 Å². The van der Waals surface area contributed by atoms with E-state index in [9.17, 15) is 0 Å². The first-order valence-corrected chi connectivity index (χ1v) is 26.4. The van der Waals surface area contributed by atoms with E-state index in [0.717, 1.165) is 53.3 Å². The van der Waals surface area contributed by atoms with Crippen LogP contribution in [0.15, 0.2) is 36.5 Å². The predicted octanol–water partition coefficient (Wildman–Crippen LogP) is 21.8. The lowest BCUT2D eigenvalue weighted by atomic mass is 9.81. The van der Waals surface area contributed by atoms with Crippen molar-refractivity contribution in [2.75, 3.05) is 0 Å². The van der Waals surface area contributed by atoms with Crippen molar-refractivity contribution < 1.29 is 0 Å². The highest BCUT2D eigenvalue weighted by atomic mass is 14.2. The molecule has 0 bridgehead atoms. The summed E-state index contributed by atoms with van der Waals surface area (Å²) in [7, 11) is 0. The first-order chi connectivity index (χ1) is 27.3. The summed E-state index contributed by atoms with van der Waals surface area (Å²) in [6, 6.07) is 0. The Morgan fingerprint density at radius 2 is 0.541 bits per heavy atom. The summed E-state index contributed by atoms with van der Waals surface area (Å²) in [5.74, 6) is 11.6. The molecule has 0 radical (unpaired) electrons. The van der Waals surface area contributed by atoms with Crippen LogP contribution in [0.2, 0.25) is 0 Å². The van der Waals surface area contributed by atoms with Gasteiger partial charge in [-0.05, 0) is 111 Å². The zero-order valence-corrected chi connectivity index (χ0v) is 48.9. The van der Waals surface area contributed by atoms with E-state index in [4.69, 9.17) is 0 Å².